The molecule has 0 atom stereocenters. The summed E-state index contributed by atoms with van der Waals surface area (Å²) in [6, 6.07) is 10.2. The summed E-state index contributed by atoms with van der Waals surface area (Å²) in [5, 5.41) is 4.11. The Hall–Kier alpha value is -2.40. The van der Waals surface area contributed by atoms with Gasteiger partial charge in [-0.2, -0.15) is 5.10 Å². The molecule has 0 aliphatic carbocycles. The highest BCUT2D eigenvalue weighted by molar-refractivity contribution is 5.69. The van der Waals surface area contributed by atoms with Crippen molar-refractivity contribution in [2.24, 2.45) is 0 Å². The highest BCUT2D eigenvalue weighted by Gasteiger charge is 2.06. The van der Waals surface area contributed by atoms with Gasteiger partial charge in [0.05, 0.1) is 0 Å². The minimum absolute atomic E-state index is 0.129. The number of nitrogens with one attached hydrogen (secondary N) is 1. The molecule has 2 heterocycles. The van der Waals surface area contributed by atoms with Crippen LogP contribution in [0.4, 0.5) is 0 Å². The van der Waals surface area contributed by atoms with Gasteiger partial charge in [-0.05, 0) is 37.4 Å². The SMILES string of the molecule is CN(C)Cc1cccc(-c2cc3c(=O)[nH]cnn3c2)c1. The summed E-state index contributed by atoms with van der Waals surface area (Å²) in [5.74, 6) is 0. The maximum atomic E-state index is 11.7. The molecule has 0 saturated heterocycles. The van der Waals surface area contributed by atoms with Crippen LogP contribution in [0.3, 0.4) is 0 Å². The highest BCUT2D eigenvalue weighted by Crippen LogP contribution is 2.22. The fourth-order valence-corrected chi connectivity index (χ4v) is 2.31. The molecule has 3 rings (SSSR count). The molecule has 0 bridgehead atoms. The Kier molecular flexibility index (Phi) is 3.12. The Morgan fingerprint density at radius 3 is 2.85 bits per heavy atom. The Morgan fingerprint density at radius 2 is 2.10 bits per heavy atom. The number of H-pyrrole nitrogens is 1. The van der Waals surface area contributed by atoms with Crippen LogP contribution in [-0.2, 0) is 6.54 Å². The predicted octanol–water partition coefficient (Wildman–Crippen LogP) is 1.75. The summed E-state index contributed by atoms with van der Waals surface area (Å²) in [4.78, 5) is 16.4. The highest BCUT2D eigenvalue weighted by atomic mass is 16.1. The Balaban J connectivity index is 2.06. The van der Waals surface area contributed by atoms with E-state index in [-0.39, 0.29) is 5.56 Å². The summed E-state index contributed by atoms with van der Waals surface area (Å²) in [7, 11) is 4.09. The lowest BCUT2D eigenvalue weighted by Crippen LogP contribution is -2.10. The maximum Gasteiger partial charge on any atom is 0.275 e. The van der Waals surface area contributed by atoms with Crippen molar-refractivity contribution in [3.05, 3.63) is 58.8 Å². The molecule has 102 valence electrons. The van der Waals surface area contributed by atoms with Crippen molar-refractivity contribution in [3.63, 3.8) is 0 Å². The van der Waals surface area contributed by atoms with Crippen molar-refractivity contribution in [2.75, 3.05) is 14.1 Å². The van der Waals surface area contributed by atoms with E-state index in [4.69, 9.17) is 0 Å². The molecule has 1 aromatic carbocycles. The number of hydrogen-bond acceptors (Lipinski definition) is 3. The molecule has 0 radical (unpaired) electrons. The van der Waals surface area contributed by atoms with Crippen molar-refractivity contribution in [1.82, 2.24) is 19.5 Å². The third-order valence-electron chi connectivity index (χ3n) is 3.17. The van der Waals surface area contributed by atoms with Gasteiger partial charge in [0, 0.05) is 18.3 Å². The van der Waals surface area contributed by atoms with Gasteiger partial charge >= 0.3 is 0 Å². The first kappa shape index (κ1) is 12.6. The number of aromatic nitrogens is 3. The first-order valence-corrected chi connectivity index (χ1v) is 6.43. The molecule has 0 saturated carbocycles. The van der Waals surface area contributed by atoms with E-state index in [0.717, 1.165) is 17.7 Å². The van der Waals surface area contributed by atoms with Crippen molar-refractivity contribution in [3.8, 4) is 11.1 Å². The minimum Gasteiger partial charge on any atom is -0.310 e. The van der Waals surface area contributed by atoms with Crippen molar-refractivity contribution in [1.29, 1.82) is 0 Å². The van der Waals surface area contributed by atoms with Crippen LogP contribution >= 0.6 is 0 Å². The number of aromatic amines is 1. The molecule has 0 aliphatic heterocycles. The van der Waals surface area contributed by atoms with Crippen LogP contribution in [0, 0.1) is 0 Å². The molecule has 20 heavy (non-hydrogen) atoms. The zero-order valence-electron chi connectivity index (χ0n) is 11.5. The van der Waals surface area contributed by atoms with Gasteiger partial charge in [-0.15, -0.1) is 0 Å². The normalized spacial score (nSPS) is 11.3. The molecule has 0 unspecified atom stereocenters. The quantitative estimate of drug-likeness (QED) is 0.787. The van der Waals surface area contributed by atoms with Crippen LogP contribution in [-0.4, -0.2) is 33.6 Å². The molecular formula is C15H16N4O. The number of rotatable bonds is 3. The standard InChI is InChI=1S/C15H16N4O/c1-18(2)8-11-4-3-5-12(6-11)13-7-14-15(20)16-10-17-19(14)9-13/h3-7,9-10H,8H2,1-2H3,(H,16,17,20). The summed E-state index contributed by atoms with van der Waals surface area (Å²) in [6.07, 6.45) is 3.28. The van der Waals surface area contributed by atoms with Gasteiger partial charge in [0.2, 0.25) is 0 Å². The number of benzene rings is 1. The van der Waals surface area contributed by atoms with Gasteiger partial charge in [0.1, 0.15) is 11.8 Å². The first-order valence-electron chi connectivity index (χ1n) is 6.43. The average molecular weight is 268 g/mol. The summed E-state index contributed by atoms with van der Waals surface area (Å²) in [6.45, 7) is 0.889. The second kappa shape index (κ2) is 4.94. The second-order valence-corrected chi connectivity index (χ2v) is 5.11. The van der Waals surface area contributed by atoms with Crippen molar-refractivity contribution < 1.29 is 0 Å². The molecule has 3 aromatic rings. The molecule has 2 aromatic heterocycles. The molecule has 0 fully saturated rings. The molecular weight excluding hydrogens is 252 g/mol. The second-order valence-electron chi connectivity index (χ2n) is 5.11. The van der Waals surface area contributed by atoms with Gasteiger partial charge in [0.25, 0.3) is 5.56 Å². The van der Waals surface area contributed by atoms with Crippen LogP contribution in [0.25, 0.3) is 16.6 Å². The van der Waals surface area contributed by atoms with Crippen LogP contribution in [0.1, 0.15) is 5.56 Å². The Bertz CT molecular complexity index is 801. The fourth-order valence-electron chi connectivity index (χ4n) is 2.31. The average Bonchev–Trinajstić information content (AvgIpc) is 2.84. The number of fused-ring (bicyclic) bond motifs is 1. The molecule has 5 nitrogen and oxygen atoms in total. The number of hydrogen-bond donors (Lipinski definition) is 1. The maximum absolute atomic E-state index is 11.7. The van der Waals surface area contributed by atoms with Crippen LogP contribution in [0.15, 0.2) is 47.7 Å². The van der Waals surface area contributed by atoms with E-state index in [9.17, 15) is 4.79 Å². The molecule has 1 N–H and O–H groups in total. The summed E-state index contributed by atoms with van der Waals surface area (Å²) in [5.41, 5.74) is 3.75. The Morgan fingerprint density at radius 1 is 1.25 bits per heavy atom. The summed E-state index contributed by atoms with van der Waals surface area (Å²) < 4.78 is 1.60. The third kappa shape index (κ3) is 2.35. The van der Waals surface area contributed by atoms with Gasteiger partial charge in [-0.1, -0.05) is 18.2 Å². The van der Waals surface area contributed by atoms with E-state index in [1.807, 2.05) is 38.5 Å². The molecule has 0 spiro atoms. The first-order chi connectivity index (χ1) is 9.63. The van der Waals surface area contributed by atoms with E-state index < -0.39 is 0 Å². The van der Waals surface area contributed by atoms with Crippen molar-refractivity contribution >= 4 is 5.52 Å². The van der Waals surface area contributed by atoms with Crippen LogP contribution in [0.5, 0.6) is 0 Å². The van der Waals surface area contributed by atoms with Crippen LogP contribution < -0.4 is 5.56 Å². The van der Waals surface area contributed by atoms with E-state index in [1.165, 1.54) is 11.9 Å². The van der Waals surface area contributed by atoms with Crippen LogP contribution in [0.2, 0.25) is 0 Å². The van der Waals surface area contributed by atoms with E-state index >= 15 is 0 Å². The van der Waals surface area contributed by atoms with Gasteiger partial charge in [0.15, 0.2) is 0 Å². The fraction of sp³-hybridized carbons (Fsp3) is 0.200. The predicted molar refractivity (Wildman–Crippen MR) is 78.6 cm³/mol. The minimum atomic E-state index is -0.129. The lowest BCUT2D eigenvalue weighted by Gasteiger charge is -2.10. The lowest BCUT2D eigenvalue weighted by atomic mass is 10.1. The molecule has 5 heteroatoms. The van der Waals surface area contributed by atoms with Gasteiger partial charge in [-0.3, -0.25) is 4.79 Å². The van der Waals surface area contributed by atoms with Crippen molar-refractivity contribution in [2.45, 2.75) is 6.54 Å². The molecule has 0 aliphatic rings. The van der Waals surface area contributed by atoms with E-state index in [0.29, 0.717) is 5.52 Å². The largest absolute Gasteiger partial charge is 0.310 e. The monoisotopic (exact) mass is 268 g/mol. The van der Waals surface area contributed by atoms with E-state index in [2.05, 4.69) is 27.1 Å². The van der Waals surface area contributed by atoms with Gasteiger partial charge < -0.3 is 9.88 Å². The lowest BCUT2D eigenvalue weighted by molar-refractivity contribution is 0.402. The topological polar surface area (TPSA) is 53.4 Å². The third-order valence-corrected chi connectivity index (χ3v) is 3.17. The summed E-state index contributed by atoms with van der Waals surface area (Å²) >= 11 is 0. The smallest absolute Gasteiger partial charge is 0.275 e. The van der Waals surface area contributed by atoms with Gasteiger partial charge in [-0.25, -0.2) is 4.52 Å². The van der Waals surface area contributed by atoms with E-state index in [1.54, 1.807) is 4.52 Å². The molecule has 0 amide bonds. The zero-order chi connectivity index (χ0) is 14.1. The number of nitrogens with zero attached hydrogens (tertiary/aromatic N) is 3. The Labute approximate surface area is 116 Å². The zero-order valence-corrected chi connectivity index (χ0v) is 11.5.